The molecule has 0 radical (unpaired) electrons. The van der Waals surface area contributed by atoms with Crippen molar-refractivity contribution in [3.8, 4) is 11.5 Å². The number of urea groups is 1. The number of rotatable bonds is 5. The Labute approximate surface area is 167 Å². The van der Waals surface area contributed by atoms with Gasteiger partial charge in [-0.05, 0) is 18.6 Å². The number of halogens is 1. The van der Waals surface area contributed by atoms with Crippen molar-refractivity contribution in [2.24, 2.45) is 0 Å². The van der Waals surface area contributed by atoms with Crippen LogP contribution < -0.4 is 20.7 Å². The largest absolute Gasteiger partial charge is 0.504 e. The normalized spacial score (nSPS) is 16.2. The summed E-state index contributed by atoms with van der Waals surface area (Å²) in [6.45, 7) is 1.98. The number of hydrogen-bond donors (Lipinski definition) is 4. The van der Waals surface area contributed by atoms with Crippen molar-refractivity contribution in [1.29, 1.82) is 0 Å². The van der Waals surface area contributed by atoms with Crippen LogP contribution in [0.5, 0.6) is 11.5 Å². The van der Waals surface area contributed by atoms with Gasteiger partial charge in [-0.15, -0.1) is 0 Å². The first-order chi connectivity index (χ1) is 13.4. The van der Waals surface area contributed by atoms with Crippen molar-refractivity contribution in [3.63, 3.8) is 0 Å². The first kappa shape index (κ1) is 19.6. The number of benzene rings is 2. The predicted molar refractivity (Wildman–Crippen MR) is 105 cm³/mol. The van der Waals surface area contributed by atoms with Crippen LogP contribution in [0.1, 0.15) is 24.1 Å². The molecule has 4 N–H and O–H groups in total. The molecule has 0 fully saturated rings. The van der Waals surface area contributed by atoms with Gasteiger partial charge in [0.15, 0.2) is 11.5 Å². The van der Waals surface area contributed by atoms with E-state index in [4.69, 9.17) is 16.3 Å². The standard InChI is InChI=1S/C20H20ClN3O4/c1-11-17(19(26)22-10-12-6-4-3-5-7-12)18(24-20(27)23-11)13-8-16(28-2)15(25)9-14(13)21/h3-9,18,25H,10H2,1-2H3,(H,22,26)(H2,23,24,27)/t18-/m1/s1. The van der Waals surface area contributed by atoms with Crippen molar-refractivity contribution in [2.45, 2.75) is 19.5 Å². The molecular formula is C20H20ClN3O4. The summed E-state index contributed by atoms with van der Waals surface area (Å²) < 4.78 is 5.13. The Hall–Kier alpha value is -3.19. The molecule has 146 valence electrons. The van der Waals surface area contributed by atoms with Gasteiger partial charge in [-0.2, -0.15) is 0 Å². The van der Waals surface area contributed by atoms with Crippen molar-refractivity contribution in [1.82, 2.24) is 16.0 Å². The molecule has 3 rings (SSSR count). The monoisotopic (exact) mass is 401 g/mol. The van der Waals surface area contributed by atoms with Crippen LogP contribution in [0, 0.1) is 0 Å². The predicted octanol–water partition coefficient (Wildman–Crippen LogP) is 3.00. The molecule has 7 nitrogen and oxygen atoms in total. The summed E-state index contributed by atoms with van der Waals surface area (Å²) in [5, 5.41) is 18.3. The number of ether oxygens (including phenoxy) is 1. The molecule has 0 saturated heterocycles. The summed E-state index contributed by atoms with van der Waals surface area (Å²) in [6, 6.07) is 11.1. The number of carbonyl (C=O) groups is 2. The van der Waals surface area contributed by atoms with E-state index in [0.29, 0.717) is 23.4 Å². The Kier molecular flexibility index (Phi) is 5.75. The average Bonchev–Trinajstić information content (AvgIpc) is 2.66. The maximum Gasteiger partial charge on any atom is 0.319 e. The number of methoxy groups -OCH3 is 1. The van der Waals surface area contributed by atoms with Gasteiger partial charge in [0.25, 0.3) is 5.91 Å². The second-order valence-corrected chi connectivity index (χ2v) is 6.69. The lowest BCUT2D eigenvalue weighted by Crippen LogP contribution is -2.47. The minimum Gasteiger partial charge on any atom is -0.504 e. The van der Waals surface area contributed by atoms with Gasteiger partial charge in [0.05, 0.1) is 23.7 Å². The van der Waals surface area contributed by atoms with E-state index >= 15 is 0 Å². The van der Waals surface area contributed by atoms with E-state index in [9.17, 15) is 14.7 Å². The van der Waals surface area contributed by atoms with E-state index < -0.39 is 12.1 Å². The van der Waals surface area contributed by atoms with E-state index in [0.717, 1.165) is 5.56 Å². The molecule has 3 amide bonds. The Balaban J connectivity index is 1.94. The second-order valence-electron chi connectivity index (χ2n) is 6.28. The zero-order chi connectivity index (χ0) is 20.3. The molecule has 0 spiro atoms. The maximum absolute atomic E-state index is 12.9. The lowest BCUT2D eigenvalue weighted by molar-refractivity contribution is -0.118. The first-order valence-corrected chi connectivity index (χ1v) is 8.95. The summed E-state index contributed by atoms with van der Waals surface area (Å²) in [5.41, 5.74) is 2.13. The fourth-order valence-corrected chi connectivity index (χ4v) is 3.31. The van der Waals surface area contributed by atoms with Gasteiger partial charge in [-0.1, -0.05) is 41.9 Å². The van der Waals surface area contributed by atoms with Crippen molar-refractivity contribution < 1.29 is 19.4 Å². The molecule has 1 heterocycles. The van der Waals surface area contributed by atoms with Gasteiger partial charge in [-0.25, -0.2) is 4.79 Å². The van der Waals surface area contributed by atoms with Gasteiger partial charge >= 0.3 is 6.03 Å². The van der Waals surface area contributed by atoms with Crippen LogP contribution in [0.25, 0.3) is 0 Å². The third-order valence-electron chi connectivity index (χ3n) is 4.42. The van der Waals surface area contributed by atoms with Crippen molar-refractivity contribution in [3.05, 3.63) is 69.9 Å². The summed E-state index contributed by atoms with van der Waals surface area (Å²) in [5.74, 6) is -0.289. The van der Waals surface area contributed by atoms with E-state index in [1.54, 1.807) is 6.92 Å². The summed E-state index contributed by atoms with van der Waals surface area (Å²) in [4.78, 5) is 24.9. The molecule has 28 heavy (non-hydrogen) atoms. The molecule has 1 atom stereocenters. The Morgan fingerprint density at radius 3 is 2.68 bits per heavy atom. The number of allylic oxidation sites excluding steroid dienone is 1. The van der Waals surface area contributed by atoms with E-state index in [1.807, 2.05) is 30.3 Å². The molecule has 8 heteroatoms. The van der Waals surface area contributed by atoms with Crippen LogP contribution in [0.15, 0.2) is 53.7 Å². The minimum absolute atomic E-state index is 0.132. The zero-order valence-electron chi connectivity index (χ0n) is 15.4. The second kappa shape index (κ2) is 8.22. The maximum atomic E-state index is 12.9. The van der Waals surface area contributed by atoms with Crippen LogP contribution in [0.4, 0.5) is 4.79 Å². The molecule has 0 aliphatic carbocycles. The number of amides is 3. The highest BCUT2D eigenvalue weighted by atomic mass is 35.5. The van der Waals surface area contributed by atoms with E-state index in [1.165, 1.54) is 19.2 Å². The van der Waals surface area contributed by atoms with Gasteiger partial charge < -0.3 is 25.8 Å². The Bertz CT molecular complexity index is 944. The quantitative estimate of drug-likeness (QED) is 0.618. The third kappa shape index (κ3) is 4.04. The van der Waals surface area contributed by atoms with Crippen molar-refractivity contribution >= 4 is 23.5 Å². The lowest BCUT2D eigenvalue weighted by Gasteiger charge is -2.29. The molecule has 0 bridgehead atoms. The molecule has 1 aliphatic rings. The highest BCUT2D eigenvalue weighted by Crippen LogP contribution is 2.38. The number of carbonyl (C=O) groups excluding carboxylic acids is 2. The van der Waals surface area contributed by atoms with Crippen LogP contribution in [-0.2, 0) is 11.3 Å². The molecule has 2 aromatic rings. The van der Waals surface area contributed by atoms with Gasteiger partial charge in [-0.3, -0.25) is 4.79 Å². The molecule has 2 aromatic carbocycles. The molecule has 1 aliphatic heterocycles. The number of nitrogens with one attached hydrogen (secondary N) is 3. The van der Waals surface area contributed by atoms with Crippen LogP contribution >= 0.6 is 11.6 Å². The molecular weight excluding hydrogens is 382 g/mol. The van der Waals surface area contributed by atoms with Crippen LogP contribution in [0.3, 0.4) is 0 Å². The highest BCUT2D eigenvalue weighted by molar-refractivity contribution is 6.31. The van der Waals surface area contributed by atoms with Gasteiger partial charge in [0, 0.05) is 23.9 Å². The van der Waals surface area contributed by atoms with Crippen LogP contribution in [-0.4, -0.2) is 24.2 Å². The highest BCUT2D eigenvalue weighted by Gasteiger charge is 2.33. The number of phenols is 1. The zero-order valence-corrected chi connectivity index (χ0v) is 16.1. The molecule has 0 unspecified atom stereocenters. The fourth-order valence-electron chi connectivity index (χ4n) is 3.04. The van der Waals surface area contributed by atoms with Crippen LogP contribution in [0.2, 0.25) is 5.02 Å². The van der Waals surface area contributed by atoms with Gasteiger partial charge in [0.2, 0.25) is 0 Å². The SMILES string of the molecule is COc1cc([C@H]2NC(=O)NC(C)=C2C(=O)NCc2ccccc2)c(Cl)cc1O. The Morgan fingerprint density at radius 1 is 1.29 bits per heavy atom. The first-order valence-electron chi connectivity index (χ1n) is 8.57. The van der Waals surface area contributed by atoms with Crippen molar-refractivity contribution in [2.75, 3.05) is 7.11 Å². The van der Waals surface area contributed by atoms with Gasteiger partial charge in [0.1, 0.15) is 0 Å². The number of hydrogen-bond acceptors (Lipinski definition) is 4. The Morgan fingerprint density at radius 2 is 2.00 bits per heavy atom. The smallest absolute Gasteiger partial charge is 0.319 e. The average molecular weight is 402 g/mol. The lowest BCUT2D eigenvalue weighted by atomic mass is 9.94. The molecule has 0 saturated carbocycles. The minimum atomic E-state index is -0.800. The molecule has 0 aromatic heterocycles. The fraction of sp³-hybridized carbons (Fsp3) is 0.200. The summed E-state index contributed by atoms with van der Waals surface area (Å²) >= 11 is 6.29. The van der Waals surface area contributed by atoms with E-state index in [2.05, 4.69) is 16.0 Å². The topological polar surface area (TPSA) is 99.7 Å². The summed E-state index contributed by atoms with van der Waals surface area (Å²) in [6.07, 6.45) is 0. The number of phenolic OH excluding ortho intramolecular Hbond substituents is 1. The third-order valence-corrected chi connectivity index (χ3v) is 4.75. The number of aromatic hydroxyl groups is 1. The van der Waals surface area contributed by atoms with E-state index in [-0.39, 0.29) is 22.4 Å². The summed E-state index contributed by atoms with van der Waals surface area (Å²) in [7, 11) is 1.41.